The summed E-state index contributed by atoms with van der Waals surface area (Å²) in [6.07, 6.45) is -4.66. The molecule has 7 nitrogen and oxygen atoms in total. The lowest BCUT2D eigenvalue weighted by atomic mass is 10.1. The highest BCUT2D eigenvalue weighted by Crippen LogP contribution is 2.27. The van der Waals surface area contributed by atoms with E-state index in [4.69, 9.17) is 14.2 Å². The molecule has 1 saturated heterocycles. The van der Waals surface area contributed by atoms with Crippen LogP contribution in [-0.4, -0.2) is 58.7 Å². The fourth-order valence-electron chi connectivity index (χ4n) is 2.47. The summed E-state index contributed by atoms with van der Waals surface area (Å²) in [5.74, 6) is 0.490. The number of hydrogen-bond donors (Lipinski definition) is 4. The van der Waals surface area contributed by atoms with E-state index in [-0.39, 0.29) is 18.8 Å². The zero-order valence-corrected chi connectivity index (χ0v) is 15.2. The summed E-state index contributed by atoms with van der Waals surface area (Å²) < 4.78 is 16.6. The smallest absolute Gasteiger partial charge is 0.228 e. The van der Waals surface area contributed by atoms with Gasteiger partial charge in [-0.2, -0.15) is 0 Å². The molecule has 142 valence electrons. The van der Waals surface area contributed by atoms with Crippen molar-refractivity contribution in [2.24, 2.45) is 0 Å². The first-order valence-electron chi connectivity index (χ1n) is 8.61. The molecular formula is C18H29NO6. The first kappa shape index (κ1) is 19.9. The molecule has 0 unspecified atom stereocenters. The van der Waals surface area contributed by atoms with Gasteiger partial charge in [0.05, 0.1) is 19.3 Å². The quantitative estimate of drug-likeness (QED) is 0.584. The van der Waals surface area contributed by atoms with E-state index in [2.05, 4.69) is 5.32 Å². The highest BCUT2D eigenvalue weighted by atomic mass is 16.7. The minimum absolute atomic E-state index is 0.0969. The molecule has 1 fully saturated rings. The van der Waals surface area contributed by atoms with Crippen molar-refractivity contribution in [1.29, 1.82) is 0 Å². The number of ether oxygens (including phenoxy) is 3. The van der Waals surface area contributed by atoms with E-state index >= 15 is 0 Å². The van der Waals surface area contributed by atoms with Gasteiger partial charge in [0, 0.05) is 23.4 Å². The van der Waals surface area contributed by atoms with Gasteiger partial charge in [-0.3, -0.25) is 0 Å². The molecule has 1 aliphatic heterocycles. The number of benzene rings is 1. The molecule has 0 saturated carbocycles. The number of aliphatic hydroxyl groups excluding tert-OH is 3. The minimum Gasteiger partial charge on any atom is -0.462 e. The monoisotopic (exact) mass is 355 g/mol. The van der Waals surface area contributed by atoms with Crippen molar-refractivity contribution in [1.82, 2.24) is 0 Å². The normalized spacial score (nSPS) is 26.9. The summed E-state index contributed by atoms with van der Waals surface area (Å²) in [6, 6.07) is 5.69. The van der Waals surface area contributed by atoms with Gasteiger partial charge in [-0.25, -0.2) is 0 Å². The summed E-state index contributed by atoms with van der Waals surface area (Å²) >= 11 is 0. The average molecular weight is 355 g/mol. The summed E-state index contributed by atoms with van der Waals surface area (Å²) in [5, 5.41) is 32.6. The standard InChI is InChI=1S/C18H29NO6/c1-10(2)19-14-7-13(6-5-12(14)8-23-11(3)4)25-18-17(22)16(21)15(20)9-24-18/h5-7,10-11,15-22H,8-9H2,1-4H3/t15-,16+,17-,18+/m1/s1. The third kappa shape index (κ3) is 5.55. The number of aliphatic hydroxyl groups is 3. The summed E-state index contributed by atoms with van der Waals surface area (Å²) in [4.78, 5) is 0. The van der Waals surface area contributed by atoms with Crippen molar-refractivity contribution < 1.29 is 29.5 Å². The number of rotatable bonds is 7. The van der Waals surface area contributed by atoms with E-state index in [1.807, 2.05) is 39.8 Å². The Kier molecular flexibility index (Phi) is 7.04. The van der Waals surface area contributed by atoms with Gasteiger partial charge in [-0.1, -0.05) is 6.07 Å². The Hall–Kier alpha value is -1.38. The molecule has 4 N–H and O–H groups in total. The molecule has 4 atom stereocenters. The van der Waals surface area contributed by atoms with Gasteiger partial charge in [0.15, 0.2) is 0 Å². The molecule has 0 bridgehead atoms. The number of anilines is 1. The van der Waals surface area contributed by atoms with E-state index in [9.17, 15) is 15.3 Å². The third-order valence-corrected chi connectivity index (χ3v) is 3.80. The average Bonchev–Trinajstić information content (AvgIpc) is 2.54. The second-order valence-electron chi connectivity index (χ2n) is 6.85. The Morgan fingerprint density at radius 3 is 2.52 bits per heavy atom. The topological polar surface area (TPSA) is 100 Å². The number of hydrogen-bond acceptors (Lipinski definition) is 7. The lowest BCUT2D eigenvalue weighted by molar-refractivity contribution is -0.242. The highest BCUT2D eigenvalue weighted by Gasteiger charge is 2.39. The van der Waals surface area contributed by atoms with Gasteiger partial charge >= 0.3 is 0 Å². The summed E-state index contributed by atoms with van der Waals surface area (Å²) in [6.45, 7) is 8.41. The Balaban J connectivity index is 2.12. The van der Waals surface area contributed by atoms with E-state index in [0.717, 1.165) is 11.3 Å². The first-order chi connectivity index (χ1) is 11.8. The van der Waals surface area contributed by atoms with E-state index in [0.29, 0.717) is 12.4 Å². The summed E-state index contributed by atoms with van der Waals surface area (Å²) in [5.41, 5.74) is 1.87. The van der Waals surface area contributed by atoms with Gasteiger partial charge in [0.1, 0.15) is 24.1 Å². The van der Waals surface area contributed by atoms with Gasteiger partial charge in [0.25, 0.3) is 0 Å². The highest BCUT2D eigenvalue weighted by molar-refractivity contribution is 5.55. The predicted octanol–water partition coefficient (Wildman–Crippen LogP) is 1.25. The maximum atomic E-state index is 9.99. The molecule has 0 amide bonds. The van der Waals surface area contributed by atoms with Crippen LogP contribution in [0.4, 0.5) is 5.69 Å². The molecule has 1 aromatic carbocycles. The van der Waals surface area contributed by atoms with Crippen molar-refractivity contribution in [3.05, 3.63) is 23.8 Å². The largest absolute Gasteiger partial charge is 0.462 e. The van der Waals surface area contributed by atoms with Gasteiger partial charge in [-0.15, -0.1) is 0 Å². The SMILES string of the molecule is CC(C)Nc1cc(O[C@@H]2OC[C@@H](O)[C@H](O)[C@H]2O)ccc1COC(C)C. The zero-order chi connectivity index (χ0) is 18.6. The number of nitrogens with one attached hydrogen (secondary N) is 1. The second-order valence-corrected chi connectivity index (χ2v) is 6.85. The Morgan fingerprint density at radius 2 is 1.88 bits per heavy atom. The van der Waals surface area contributed by atoms with Crippen LogP contribution in [0, 0.1) is 0 Å². The Labute approximate surface area is 148 Å². The summed E-state index contributed by atoms with van der Waals surface area (Å²) in [7, 11) is 0. The predicted molar refractivity (Wildman–Crippen MR) is 93.5 cm³/mol. The van der Waals surface area contributed by atoms with Crippen molar-refractivity contribution in [2.75, 3.05) is 11.9 Å². The lowest BCUT2D eigenvalue weighted by Gasteiger charge is -2.35. The molecule has 1 aliphatic rings. The fraction of sp³-hybridized carbons (Fsp3) is 0.667. The maximum Gasteiger partial charge on any atom is 0.228 e. The van der Waals surface area contributed by atoms with Crippen LogP contribution in [0.3, 0.4) is 0 Å². The Morgan fingerprint density at radius 1 is 1.16 bits per heavy atom. The minimum atomic E-state index is -1.32. The fourth-order valence-corrected chi connectivity index (χ4v) is 2.47. The van der Waals surface area contributed by atoms with Crippen LogP contribution < -0.4 is 10.1 Å². The molecule has 2 rings (SSSR count). The lowest BCUT2D eigenvalue weighted by Crippen LogP contribution is -2.54. The second kappa shape index (κ2) is 8.82. The third-order valence-electron chi connectivity index (χ3n) is 3.80. The van der Waals surface area contributed by atoms with Crippen molar-refractivity contribution >= 4 is 5.69 Å². The van der Waals surface area contributed by atoms with Crippen LogP contribution in [-0.2, 0) is 16.1 Å². The van der Waals surface area contributed by atoms with Crippen LogP contribution in [0.25, 0.3) is 0 Å². The van der Waals surface area contributed by atoms with Crippen LogP contribution in [0.5, 0.6) is 5.75 Å². The van der Waals surface area contributed by atoms with Crippen LogP contribution >= 0.6 is 0 Å². The molecule has 1 heterocycles. The zero-order valence-electron chi connectivity index (χ0n) is 15.2. The van der Waals surface area contributed by atoms with Crippen molar-refractivity contribution in [3.63, 3.8) is 0 Å². The molecule has 0 aliphatic carbocycles. The van der Waals surface area contributed by atoms with Crippen LogP contribution in [0.1, 0.15) is 33.3 Å². The molecule has 1 aromatic rings. The molecule has 0 aromatic heterocycles. The molecule has 0 spiro atoms. The Bertz CT molecular complexity index is 550. The van der Waals surface area contributed by atoms with Gasteiger partial charge < -0.3 is 34.8 Å². The van der Waals surface area contributed by atoms with Gasteiger partial charge in [-0.05, 0) is 33.8 Å². The first-order valence-corrected chi connectivity index (χ1v) is 8.61. The molecule has 0 radical (unpaired) electrons. The van der Waals surface area contributed by atoms with Crippen LogP contribution in [0.15, 0.2) is 18.2 Å². The molecule has 7 heteroatoms. The van der Waals surface area contributed by atoms with E-state index < -0.39 is 24.6 Å². The van der Waals surface area contributed by atoms with Gasteiger partial charge in [0.2, 0.25) is 6.29 Å². The van der Waals surface area contributed by atoms with E-state index in [1.54, 1.807) is 6.07 Å². The maximum absolute atomic E-state index is 9.99. The molecule has 25 heavy (non-hydrogen) atoms. The van der Waals surface area contributed by atoms with Crippen molar-refractivity contribution in [2.45, 2.75) is 71.0 Å². The van der Waals surface area contributed by atoms with E-state index in [1.165, 1.54) is 0 Å². The molecular weight excluding hydrogens is 326 g/mol. The van der Waals surface area contributed by atoms with Crippen LogP contribution in [0.2, 0.25) is 0 Å². The van der Waals surface area contributed by atoms with Crippen molar-refractivity contribution in [3.8, 4) is 5.75 Å².